The molecule has 4 aliphatic heterocycles. The lowest BCUT2D eigenvalue weighted by Crippen LogP contribution is -2.56. The van der Waals surface area contributed by atoms with E-state index in [0.717, 1.165) is 28.9 Å². The third kappa shape index (κ3) is 17.9. The standard InChI is InChI=1S/C39H46N4O6S.C31H37BrN4O5/c1-26-20-22-42(33(35(44)40-2)24-27-11-5-4-6-12-27)39(48)32(23-26)41-36(45)34(50-25-28-16-18-29(49-3)19-17-28)15-9-10-21-43-37(46)30-13-7-8-14-31(30)38(43)47;1-20-15-17-35(26(28(38)33-2)19-21-10-4-3-5-11-21)31(41)25(18-20)34-27(37)24(32)14-8-9-16-36-29(39)22-12-6-7-13-23(22)30(36)40/h4-8,11-14,16-19,26,32-34H,9-10,15,20-25H2,1-3H3,(H,40,44)(H,41,45);3-7,10-13,20,24-26H,8-9,14-19H2,1-2H3,(H,33,38)(H,34,37)/t26-,32?,33-,34?;20-,24?,25?,26-/m00/s1. The van der Waals surface area contributed by atoms with Gasteiger partial charge in [-0.2, -0.15) is 0 Å². The number of nitrogens with zero attached hydrogens (tertiary/aromatic N) is 4. The number of benzene rings is 5. The molecule has 4 heterocycles. The molecule has 0 aliphatic carbocycles. The molecule has 5 aromatic rings. The van der Waals surface area contributed by atoms with Gasteiger partial charge in [0.2, 0.25) is 35.4 Å². The second-order valence-electron chi connectivity index (χ2n) is 23.8. The summed E-state index contributed by atoms with van der Waals surface area (Å²) in [5, 5.41) is 10.9. The van der Waals surface area contributed by atoms with E-state index in [0.29, 0.717) is 112 Å². The number of imide groups is 2. The molecule has 8 atom stereocenters. The van der Waals surface area contributed by atoms with Gasteiger partial charge in [0.15, 0.2) is 0 Å². The molecule has 5 aromatic carbocycles. The fourth-order valence-corrected chi connectivity index (χ4v) is 13.7. The smallest absolute Gasteiger partial charge is 0.261 e. The van der Waals surface area contributed by atoms with Crippen LogP contribution in [0.1, 0.15) is 136 Å². The number of rotatable bonds is 26. The molecule has 4 aliphatic rings. The zero-order chi connectivity index (χ0) is 65.1. The topological polar surface area (TPSA) is 241 Å². The lowest BCUT2D eigenvalue weighted by atomic mass is 10.00. The maximum absolute atomic E-state index is 14.1. The monoisotopic (exact) mass is 1320 g/mol. The van der Waals surface area contributed by atoms with Crippen molar-refractivity contribution in [3.8, 4) is 5.75 Å². The minimum Gasteiger partial charge on any atom is -0.497 e. The van der Waals surface area contributed by atoms with E-state index in [4.69, 9.17) is 4.74 Å². The van der Waals surface area contributed by atoms with Crippen LogP contribution >= 0.6 is 27.7 Å². The summed E-state index contributed by atoms with van der Waals surface area (Å²) in [6.07, 6.45) is 6.43. The van der Waals surface area contributed by atoms with Crippen molar-refractivity contribution in [2.24, 2.45) is 11.8 Å². The van der Waals surface area contributed by atoms with Crippen molar-refractivity contribution >= 4 is 86.8 Å². The van der Waals surface area contributed by atoms with Gasteiger partial charge in [-0.05, 0) is 116 Å². The highest BCUT2D eigenvalue weighted by molar-refractivity contribution is 9.10. The molecule has 9 rings (SSSR count). The molecular formula is C70H83BrN8O11S. The highest BCUT2D eigenvalue weighted by Crippen LogP contribution is 2.30. The molecule has 0 saturated carbocycles. The van der Waals surface area contributed by atoms with Crippen LogP contribution in [0.25, 0.3) is 0 Å². The highest BCUT2D eigenvalue weighted by atomic mass is 79.9. The third-order valence-electron chi connectivity index (χ3n) is 17.3. The van der Waals surface area contributed by atoms with E-state index in [9.17, 15) is 47.9 Å². The Labute approximate surface area is 545 Å². The van der Waals surface area contributed by atoms with E-state index in [-0.39, 0.29) is 84.0 Å². The highest BCUT2D eigenvalue weighted by Gasteiger charge is 2.41. The van der Waals surface area contributed by atoms with Gasteiger partial charge in [0.05, 0.1) is 39.4 Å². The number of hydrogen-bond acceptors (Lipinski definition) is 12. The zero-order valence-corrected chi connectivity index (χ0v) is 54.8. The molecule has 0 aromatic heterocycles. The van der Waals surface area contributed by atoms with E-state index < -0.39 is 34.2 Å². The van der Waals surface area contributed by atoms with E-state index in [2.05, 4.69) is 44.1 Å². The minimum atomic E-state index is -0.773. The lowest BCUT2D eigenvalue weighted by Gasteiger charge is -2.32. The maximum Gasteiger partial charge on any atom is 0.261 e. The largest absolute Gasteiger partial charge is 0.497 e. The van der Waals surface area contributed by atoms with Crippen molar-refractivity contribution in [2.75, 3.05) is 47.4 Å². The number of likely N-dealkylation sites (N-methyl/N-ethyl adjacent to an activating group) is 2. The molecular weight excluding hydrogens is 1240 g/mol. The van der Waals surface area contributed by atoms with Crippen LogP contribution in [0.3, 0.4) is 0 Å². The Kier molecular flexibility index (Phi) is 25.1. The summed E-state index contributed by atoms with van der Waals surface area (Å²) >= 11 is 4.95. The predicted octanol–water partition coefficient (Wildman–Crippen LogP) is 8.18. The number of carbonyl (C=O) groups is 10. The number of unbranched alkanes of at least 4 members (excludes halogenated alkanes) is 2. The summed E-state index contributed by atoms with van der Waals surface area (Å²) in [4.78, 5) is 137. The number of methoxy groups -OCH3 is 1. The molecule has 19 nitrogen and oxygen atoms in total. The van der Waals surface area contributed by atoms with Gasteiger partial charge >= 0.3 is 0 Å². The maximum atomic E-state index is 14.1. The van der Waals surface area contributed by atoms with Gasteiger partial charge in [0.1, 0.15) is 29.9 Å². The van der Waals surface area contributed by atoms with Gasteiger partial charge in [-0.1, -0.05) is 140 Å². The minimum absolute atomic E-state index is 0.154. The number of carbonyl (C=O) groups excluding carboxylic acids is 10. The molecule has 2 fully saturated rings. The molecule has 0 bridgehead atoms. The molecule has 91 heavy (non-hydrogen) atoms. The van der Waals surface area contributed by atoms with E-state index >= 15 is 0 Å². The molecule has 0 spiro atoms. The van der Waals surface area contributed by atoms with Crippen molar-refractivity contribution in [1.29, 1.82) is 0 Å². The summed E-state index contributed by atoms with van der Waals surface area (Å²) in [5.41, 5.74) is 4.62. The third-order valence-corrected chi connectivity index (χ3v) is 19.5. The average Bonchev–Trinajstić information content (AvgIpc) is 1.73. The summed E-state index contributed by atoms with van der Waals surface area (Å²) in [7, 11) is 4.75. The van der Waals surface area contributed by atoms with E-state index in [1.54, 1.807) is 79.5 Å². The number of nitrogens with one attached hydrogen (secondary N) is 4. The number of likely N-dealkylation sites (tertiary alicyclic amines) is 2. The van der Waals surface area contributed by atoms with Gasteiger partial charge in [-0.25, -0.2) is 0 Å². The van der Waals surface area contributed by atoms with Crippen LogP contribution in [0.5, 0.6) is 5.75 Å². The average molecular weight is 1320 g/mol. The van der Waals surface area contributed by atoms with Crippen LogP contribution in [0.2, 0.25) is 0 Å². The molecule has 4 unspecified atom stereocenters. The summed E-state index contributed by atoms with van der Waals surface area (Å²) in [5.74, 6) is -1.02. The Hall–Kier alpha value is -8.17. The Morgan fingerprint density at radius 1 is 0.516 bits per heavy atom. The van der Waals surface area contributed by atoms with Gasteiger partial charge in [-0.15, -0.1) is 11.8 Å². The molecule has 4 N–H and O–H groups in total. The quantitative estimate of drug-likeness (QED) is 0.0233. The van der Waals surface area contributed by atoms with Crippen LogP contribution in [0, 0.1) is 11.8 Å². The van der Waals surface area contributed by atoms with Crippen LogP contribution in [0.4, 0.5) is 0 Å². The second kappa shape index (κ2) is 33.2. The Balaban J connectivity index is 0.000000239. The normalized spacial score (nSPS) is 19.4. The van der Waals surface area contributed by atoms with Gasteiger partial charge in [0.25, 0.3) is 23.6 Å². The fraction of sp³-hybridized carbons (Fsp3) is 0.429. The first-order valence-electron chi connectivity index (χ1n) is 31.4. The molecule has 21 heteroatoms. The first-order valence-corrected chi connectivity index (χ1v) is 33.4. The summed E-state index contributed by atoms with van der Waals surface area (Å²) in [6.45, 7) is 5.52. The lowest BCUT2D eigenvalue weighted by molar-refractivity contribution is -0.142. The molecule has 2 saturated heterocycles. The fourth-order valence-electron chi connectivity index (χ4n) is 12.1. The number of amides is 10. The number of ether oxygens (including phenoxy) is 1. The summed E-state index contributed by atoms with van der Waals surface area (Å²) < 4.78 is 5.29. The SMILES string of the molecule is CNC(=O)[C@H](Cc1ccccc1)N1CC[C@H](C)CC(NC(=O)C(Br)CCCCN2C(=O)c3ccccc3C2=O)C1=O.CNC(=O)[C@H](Cc1ccccc1)N1CC[C@H](C)CC(NC(=O)C(CCCCN2C(=O)c3ccccc3C2=O)SCc2ccc(OC)cc2)C1=O. The zero-order valence-electron chi connectivity index (χ0n) is 52.4. The number of hydrogen-bond donors (Lipinski definition) is 4. The molecule has 0 radical (unpaired) electrons. The summed E-state index contributed by atoms with van der Waals surface area (Å²) in [6, 6.07) is 37.6. The van der Waals surface area contributed by atoms with Crippen LogP contribution in [-0.4, -0.2) is 160 Å². The van der Waals surface area contributed by atoms with Gasteiger partial charge in [-0.3, -0.25) is 57.7 Å². The van der Waals surface area contributed by atoms with Crippen molar-refractivity contribution < 1.29 is 52.7 Å². The number of halogens is 1. The number of thioether (sulfide) groups is 1. The molecule has 10 amide bonds. The van der Waals surface area contributed by atoms with Gasteiger partial charge in [0, 0.05) is 58.9 Å². The first-order chi connectivity index (χ1) is 43.9. The van der Waals surface area contributed by atoms with Crippen molar-refractivity contribution in [3.05, 3.63) is 172 Å². The Morgan fingerprint density at radius 2 is 0.912 bits per heavy atom. The van der Waals surface area contributed by atoms with Crippen LogP contribution in [-0.2, 0) is 47.4 Å². The Bertz CT molecular complexity index is 3320. The van der Waals surface area contributed by atoms with Gasteiger partial charge < -0.3 is 35.8 Å². The number of fused-ring (bicyclic) bond motifs is 2. The Morgan fingerprint density at radius 3 is 1.32 bits per heavy atom. The second-order valence-corrected chi connectivity index (χ2v) is 26.1. The first kappa shape index (κ1) is 68.7. The van der Waals surface area contributed by atoms with Crippen molar-refractivity contribution in [2.45, 2.75) is 131 Å². The van der Waals surface area contributed by atoms with Crippen molar-refractivity contribution in [3.63, 3.8) is 0 Å². The van der Waals surface area contributed by atoms with Crippen LogP contribution < -0.4 is 26.0 Å². The van der Waals surface area contributed by atoms with Crippen LogP contribution in [0.15, 0.2) is 133 Å². The molecule has 482 valence electrons. The van der Waals surface area contributed by atoms with Crippen molar-refractivity contribution in [1.82, 2.24) is 40.9 Å². The van der Waals surface area contributed by atoms with E-state index in [1.807, 2.05) is 91.9 Å². The number of alkyl halides is 1. The van der Waals surface area contributed by atoms with E-state index in [1.165, 1.54) is 21.6 Å². The predicted molar refractivity (Wildman–Crippen MR) is 352 cm³/mol.